The average Bonchev–Trinajstić information content (AvgIpc) is 2.68. The van der Waals surface area contributed by atoms with E-state index in [9.17, 15) is 13.9 Å². The molecule has 1 aromatic heterocycles. The number of hydrogen-bond donors (Lipinski definition) is 2. The lowest BCUT2D eigenvalue weighted by atomic mass is 10.1. The molecule has 0 aliphatic heterocycles. The van der Waals surface area contributed by atoms with Gasteiger partial charge in [0.05, 0.1) is 11.8 Å². The minimum absolute atomic E-state index is 0.190. The molecule has 0 radical (unpaired) electrons. The summed E-state index contributed by atoms with van der Waals surface area (Å²) in [5.74, 6) is -1.91. The number of hydrogen-bond acceptors (Lipinski definition) is 3. The quantitative estimate of drug-likeness (QED) is 0.891. The number of rotatable bonds is 5. The van der Waals surface area contributed by atoms with Gasteiger partial charge in [-0.3, -0.25) is 4.68 Å². The molecule has 2 aromatic rings. The van der Waals surface area contributed by atoms with Gasteiger partial charge in [0.15, 0.2) is 11.6 Å². The highest BCUT2D eigenvalue weighted by Gasteiger charge is 2.13. The van der Waals surface area contributed by atoms with Crippen molar-refractivity contribution in [1.29, 1.82) is 0 Å². The molecule has 0 fully saturated rings. The smallest absolute Gasteiger partial charge is 0.159 e. The number of aliphatic hydroxyl groups is 1. The van der Waals surface area contributed by atoms with Gasteiger partial charge >= 0.3 is 0 Å². The van der Waals surface area contributed by atoms with E-state index in [1.807, 2.05) is 6.92 Å². The maximum absolute atomic E-state index is 13.1. The Hall–Kier alpha value is -1.50. The van der Waals surface area contributed by atoms with Gasteiger partial charge in [-0.2, -0.15) is 5.10 Å². The molecule has 0 saturated carbocycles. The van der Waals surface area contributed by atoms with Crippen molar-refractivity contribution in [3.05, 3.63) is 51.8 Å². The average molecular weight is 316 g/mol. The molecule has 1 heterocycles. The number of nitrogens with zero attached hydrogens (tertiary/aromatic N) is 2. The highest BCUT2D eigenvalue weighted by Crippen LogP contribution is 2.19. The van der Waals surface area contributed by atoms with Gasteiger partial charge in [0.25, 0.3) is 0 Å². The maximum Gasteiger partial charge on any atom is 0.159 e. The van der Waals surface area contributed by atoms with Gasteiger partial charge in [0.2, 0.25) is 0 Å². The van der Waals surface area contributed by atoms with E-state index in [-0.39, 0.29) is 6.54 Å². The standard InChI is InChI=1S/C14H16ClF2N3O/c1-8-10(14(15)20(2)19-8)6-18-7-13(21)9-3-4-11(16)12(17)5-9/h3-5,13,18,21H,6-7H2,1-2H3. The lowest BCUT2D eigenvalue weighted by molar-refractivity contribution is 0.173. The van der Waals surface area contributed by atoms with Gasteiger partial charge in [-0.25, -0.2) is 8.78 Å². The van der Waals surface area contributed by atoms with Crippen LogP contribution < -0.4 is 5.32 Å². The zero-order valence-electron chi connectivity index (χ0n) is 11.7. The normalized spacial score (nSPS) is 12.7. The molecule has 4 nitrogen and oxygen atoms in total. The Morgan fingerprint density at radius 3 is 2.67 bits per heavy atom. The summed E-state index contributed by atoms with van der Waals surface area (Å²) in [7, 11) is 1.75. The molecule has 0 bridgehead atoms. The van der Waals surface area contributed by atoms with Crippen molar-refractivity contribution in [3.63, 3.8) is 0 Å². The van der Waals surface area contributed by atoms with Crippen LogP contribution in [0.2, 0.25) is 5.15 Å². The van der Waals surface area contributed by atoms with Gasteiger partial charge in [-0.15, -0.1) is 0 Å². The van der Waals surface area contributed by atoms with Crippen molar-refractivity contribution < 1.29 is 13.9 Å². The molecular formula is C14H16ClF2N3O. The van der Waals surface area contributed by atoms with Crippen molar-refractivity contribution in [1.82, 2.24) is 15.1 Å². The molecular weight excluding hydrogens is 300 g/mol. The maximum atomic E-state index is 13.1. The van der Waals surface area contributed by atoms with Gasteiger partial charge in [-0.05, 0) is 24.6 Å². The number of benzene rings is 1. The minimum Gasteiger partial charge on any atom is -0.387 e. The summed E-state index contributed by atoms with van der Waals surface area (Å²) < 4.78 is 27.5. The second-order valence-corrected chi connectivity index (χ2v) is 5.16. The molecule has 1 atom stereocenters. The van der Waals surface area contributed by atoms with Crippen molar-refractivity contribution in [3.8, 4) is 0 Å². The third-order valence-corrected chi connectivity index (χ3v) is 3.71. The SMILES string of the molecule is Cc1nn(C)c(Cl)c1CNCC(O)c1ccc(F)c(F)c1. The van der Waals surface area contributed by atoms with Crippen LogP contribution in [0.4, 0.5) is 8.78 Å². The zero-order chi connectivity index (χ0) is 15.6. The topological polar surface area (TPSA) is 50.1 Å². The second-order valence-electron chi connectivity index (χ2n) is 4.80. The first-order valence-electron chi connectivity index (χ1n) is 6.42. The van der Waals surface area contributed by atoms with Crippen LogP contribution in [-0.2, 0) is 13.6 Å². The molecule has 7 heteroatoms. The number of halogens is 3. The van der Waals surface area contributed by atoms with Gasteiger partial charge in [-0.1, -0.05) is 17.7 Å². The molecule has 0 aliphatic carbocycles. The zero-order valence-corrected chi connectivity index (χ0v) is 12.5. The number of aliphatic hydroxyl groups excluding tert-OH is 1. The van der Waals surface area contributed by atoms with Crippen LogP contribution in [0, 0.1) is 18.6 Å². The number of aromatic nitrogens is 2. The monoisotopic (exact) mass is 315 g/mol. The summed E-state index contributed by atoms with van der Waals surface area (Å²) in [6.07, 6.45) is -0.934. The van der Waals surface area contributed by atoms with Gasteiger partial charge in [0, 0.05) is 25.7 Å². The number of aryl methyl sites for hydroxylation is 2. The van der Waals surface area contributed by atoms with E-state index in [0.29, 0.717) is 17.3 Å². The van der Waals surface area contributed by atoms with E-state index in [1.54, 1.807) is 11.7 Å². The van der Waals surface area contributed by atoms with Crippen molar-refractivity contribution in [2.45, 2.75) is 19.6 Å². The lowest BCUT2D eigenvalue weighted by Gasteiger charge is -2.12. The Morgan fingerprint density at radius 2 is 2.10 bits per heavy atom. The Balaban J connectivity index is 1.95. The summed E-state index contributed by atoms with van der Waals surface area (Å²) in [6, 6.07) is 3.34. The van der Waals surface area contributed by atoms with Gasteiger partial charge in [0.1, 0.15) is 5.15 Å². The predicted octanol–water partition coefficient (Wildman–Crippen LogP) is 2.48. The fourth-order valence-corrected chi connectivity index (χ4v) is 2.29. The molecule has 0 aliphatic rings. The van der Waals surface area contributed by atoms with E-state index in [1.165, 1.54) is 6.07 Å². The van der Waals surface area contributed by atoms with E-state index in [0.717, 1.165) is 23.4 Å². The molecule has 0 amide bonds. The predicted molar refractivity (Wildman–Crippen MR) is 76.0 cm³/mol. The van der Waals surface area contributed by atoms with Crippen LogP contribution in [0.3, 0.4) is 0 Å². The summed E-state index contributed by atoms with van der Waals surface area (Å²) in [5.41, 5.74) is 1.96. The third kappa shape index (κ3) is 3.58. The van der Waals surface area contributed by atoms with Crippen LogP contribution in [0.1, 0.15) is 22.9 Å². The van der Waals surface area contributed by atoms with Crippen molar-refractivity contribution in [2.24, 2.45) is 7.05 Å². The molecule has 0 spiro atoms. The largest absolute Gasteiger partial charge is 0.387 e. The molecule has 1 aromatic carbocycles. The van der Waals surface area contributed by atoms with Crippen LogP contribution in [-0.4, -0.2) is 21.4 Å². The highest BCUT2D eigenvalue weighted by molar-refractivity contribution is 6.30. The summed E-state index contributed by atoms with van der Waals surface area (Å²) >= 11 is 6.09. The first kappa shape index (κ1) is 15.9. The van der Waals surface area contributed by atoms with Gasteiger partial charge < -0.3 is 10.4 Å². The Morgan fingerprint density at radius 1 is 1.38 bits per heavy atom. The van der Waals surface area contributed by atoms with Crippen LogP contribution in [0.5, 0.6) is 0 Å². The Bertz CT molecular complexity index is 645. The van der Waals surface area contributed by atoms with Crippen LogP contribution in [0.15, 0.2) is 18.2 Å². The third-order valence-electron chi connectivity index (χ3n) is 3.24. The van der Waals surface area contributed by atoms with E-state index in [4.69, 9.17) is 11.6 Å². The molecule has 2 rings (SSSR count). The fourth-order valence-electron chi connectivity index (χ4n) is 2.05. The molecule has 21 heavy (non-hydrogen) atoms. The lowest BCUT2D eigenvalue weighted by Crippen LogP contribution is -2.21. The van der Waals surface area contributed by atoms with Crippen molar-refractivity contribution in [2.75, 3.05) is 6.54 Å². The first-order valence-corrected chi connectivity index (χ1v) is 6.79. The highest BCUT2D eigenvalue weighted by atomic mass is 35.5. The van der Waals surface area contributed by atoms with E-state index in [2.05, 4.69) is 10.4 Å². The Labute approximate surface area is 126 Å². The molecule has 2 N–H and O–H groups in total. The second kappa shape index (κ2) is 6.51. The summed E-state index contributed by atoms with van der Waals surface area (Å²) in [6.45, 7) is 2.46. The van der Waals surface area contributed by atoms with Crippen LogP contribution in [0.25, 0.3) is 0 Å². The van der Waals surface area contributed by atoms with Crippen LogP contribution >= 0.6 is 11.6 Å². The number of nitrogens with one attached hydrogen (secondary N) is 1. The molecule has 0 saturated heterocycles. The minimum atomic E-state index is -0.974. The summed E-state index contributed by atoms with van der Waals surface area (Å²) in [4.78, 5) is 0. The fraction of sp³-hybridized carbons (Fsp3) is 0.357. The first-order chi connectivity index (χ1) is 9.90. The van der Waals surface area contributed by atoms with Crippen molar-refractivity contribution >= 4 is 11.6 Å². The van der Waals surface area contributed by atoms with E-state index < -0.39 is 17.7 Å². The van der Waals surface area contributed by atoms with E-state index >= 15 is 0 Å². The molecule has 114 valence electrons. The summed E-state index contributed by atoms with van der Waals surface area (Å²) in [5, 5.41) is 17.7. The Kier molecular flexibility index (Phi) is 4.92. The molecule has 1 unspecified atom stereocenters.